The first-order chi connectivity index (χ1) is 11.8. The van der Waals surface area contributed by atoms with Crippen LogP contribution in [0, 0.1) is 23.1 Å². The summed E-state index contributed by atoms with van der Waals surface area (Å²) >= 11 is 0. The largest absolute Gasteiger partial charge is 0.326 e. The predicted molar refractivity (Wildman–Crippen MR) is 96.1 cm³/mol. The van der Waals surface area contributed by atoms with Crippen LogP contribution < -0.4 is 0 Å². The number of likely N-dealkylation sites (N-methyl/N-ethyl adjacent to an activating group) is 2. The van der Waals surface area contributed by atoms with Crippen molar-refractivity contribution >= 4 is 5.91 Å². The molecule has 0 radical (unpaired) electrons. The zero-order valence-corrected chi connectivity index (χ0v) is 15.6. The van der Waals surface area contributed by atoms with Crippen LogP contribution in [-0.2, 0) is 11.3 Å². The van der Waals surface area contributed by atoms with Gasteiger partial charge in [0.05, 0.1) is 12.1 Å². The Kier molecular flexibility index (Phi) is 6.18. The summed E-state index contributed by atoms with van der Waals surface area (Å²) in [4.78, 5) is 16.5. The van der Waals surface area contributed by atoms with Gasteiger partial charge in [-0.2, -0.15) is 5.26 Å². The smallest absolute Gasteiger partial charge is 0.240 e. The van der Waals surface area contributed by atoms with Crippen molar-refractivity contribution in [3.05, 3.63) is 35.6 Å². The molecule has 0 N–H and O–H groups in total. The van der Waals surface area contributed by atoms with Crippen LogP contribution in [0.5, 0.6) is 0 Å². The van der Waals surface area contributed by atoms with Gasteiger partial charge in [-0.1, -0.05) is 19.1 Å². The standard InChI is InChI=1S/C20H28FN3O/c1-15-8-10-20(14-22,11-9-15)24(4)19(25)16(2)23(3)13-17-6-5-7-18(21)12-17/h5-7,12,15-16H,8-11,13H2,1-4H3. The van der Waals surface area contributed by atoms with Crippen molar-refractivity contribution < 1.29 is 9.18 Å². The highest BCUT2D eigenvalue weighted by Crippen LogP contribution is 2.35. The first-order valence-corrected chi connectivity index (χ1v) is 8.92. The Bertz CT molecular complexity index is 647. The molecule has 1 aromatic carbocycles. The summed E-state index contributed by atoms with van der Waals surface area (Å²) in [5, 5.41) is 9.73. The van der Waals surface area contributed by atoms with E-state index in [1.165, 1.54) is 12.1 Å². The van der Waals surface area contributed by atoms with Gasteiger partial charge in [0.2, 0.25) is 5.91 Å². The number of nitrogens with zero attached hydrogens (tertiary/aromatic N) is 3. The minimum Gasteiger partial charge on any atom is -0.326 e. The second-order valence-electron chi connectivity index (χ2n) is 7.44. The molecule has 1 unspecified atom stereocenters. The number of halogens is 1. The van der Waals surface area contributed by atoms with E-state index in [-0.39, 0.29) is 17.8 Å². The number of benzene rings is 1. The van der Waals surface area contributed by atoms with E-state index in [1.54, 1.807) is 18.0 Å². The zero-order valence-electron chi connectivity index (χ0n) is 15.6. The third kappa shape index (κ3) is 4.38. The van der Waals surface area contributed by atoms with Gasteiger partial charge in [0, 0.05) is 13.6 Å². The first kappa shape index (κ1) is 19.4. The van der Waals surface area contributed by atoms with E-state index in [0.717, 1.165) is 31.2 Å². The molecule has 4 nitrogen and oxygen atoms in total. The Balaban J connectivity index is 2.06. The van der Waals surface area contributed by atoms with Gasteiger partial charge in [0.25, 0.3) is 0 Å². The molecule has 1 aliphatic carbocycles. The third-order valence-electron chi connectivity index (χ3n) is 5.62. The van der Waals surface area contributed by atoms with Gasteiger partial charge in [-0.05, 0) is 63.3 Å². The van der Waals surface area contributed by atoms with Gasteiger partial charge in [-0.15, -0.1) is 0 Å². The summed E-state index contributed by atoms with van der Waals surface area (Å²) in [7, 11) is 3.59. The van der Waals surface area contributed by atoms with Gasteiger partial charge in [-0.3, -0.25) is 9.69 Å². The fourth-order valence-corrected chi connectivity index (χ4v) is 3.50. The van der Waals surface area contributed by atoms with Crippen molar-refractivity contribution in [2.75, 3.05) is 14.1 Å². The Morgan fingerprint density at radius 2 is 2.04 bits per heavy atom. The van der Waals surface area contributed by atoms with Crippen LogP contribution in [0.4, 0.5) is 4.39 Å². The second-order valence-corrected chi connectivity index (χ2v) is 7.44. The van der Waals surface area contributed by atoms with Gasteiger partial charge < -0.3 is 4.90 Å². The summed E-state index contributed by atoms with van der Waals surface area (Å²) in [6.07, 6.45) is 3.40. The van der Waals surface area contributed by atoms with Crippen LogP contribution in [0.25, 0.3) is 0 Å². The fourth-order valence-electron chi connectivity index (χ4n) is 3.50. The van der Waals surface area contributed by atoms with Gasteiger partial charge in [0.1, 0.15) is 11.4 Å². The molecule has 1 fully saturated rings. The normalized spacial score (nSPS) is 24.6. The summed E-state index contributed by atoms with van der Waals surface area (Å²) in [6, 6.07) is 8.44. The van der Waals surface area contributed by atoms with Crippen LogP contribution in [0.1, 0.15) is 45.1 Å². The Morgan fingerprint density at radius 3 is 2.60 bits per heavy atom. The summed E-state index contributed by atoms with van der Waals surface area (Å²) in [6.45, 7) is 4.52. The van der Waals surface area contributed by atoms with Crippen molar-refractivity contribution in [3.63, 3.8) is 0 Å². The first-order valence-electron chi connectivity index (χ1n) is 8.92. The fraction of sp³-hybridized carbons (Fsp3) is 0.600. The van der Waals surface area contributed by atoms with E-state index >= 15 is 0 Å². The van der Waals surface area contributed by atoms with Crippen LogP contribution in [0.15, 0.2) is 24.3 Å². The number of nitriles is 1. The van der Waals surface area contributed by atoms with Crippen molar-refractivity contribution in [2.45, 2.75) is 57.7 Å². The van der Waals surface area contributed by atoms with Crippen LogP contribution >= 0.6 is 0 Å². The van der Waals surface area contributed by atoms with Crippen molar-refractivity contribution in [3.8, 4) is 6.07 Å². The average Bonchev–Trinajstić information content (AvgIpc) is 2.61. The molecule has 0 spiro atoms. The summed E-state index contributed by atoms with van der Waals surface area (Å²) in [5.74, 6) is 0.273. The Morgan fingerprint density at radius 1 is 1.40 bits per heavy atom. The second kappa shape index (κ2) is 7.97. The lowest BCUT2D eigenvalue weighted by Gasteiger charge is -2.42. The van der Waals surface area contributed by atoms with E-state index in [1.807, 2.05) is 24.9 Å². The lowest BCUT2D eigenvalue weighted by molar-refractivity contribution is -0.140. The van der Waals surface area contributed by atoms with E-state index in [4.69, 9.17) is 0 Å². The molecule has 1 saturated carbocycles. The van der Waals surface area contributed by atoms with E-state index in [2.05, 4.69) is 13.0 Å². The molecule has 0 aromatic heterocycles. The molecule has 1 amide bonds. The number of amides is 1. The molecule has 1 aliphatic rings. The molecule has 0 heterocycles. The SMILES string of the molecule is CC1CCC(C#N)(N(C)C(=O)C(C)N(C)Cc2cccc(F)c2)CC1. The van der Waals surface area contributed by atoms with Gasteiger partial charge in [-0.25, -0.2) is 4.39 Å². The van der Waals surface area contributed by atoms with E-state index < -0.39 is 5.54 Å². The highest BCUT2D eigenvalue weighted by Gasteiger charge is 2.41. The molecule has 25 heavy (non-hydrogen) atoms. The Labute approximate surface area is 150 Å². The summed E-state index contributed by atoms with van der Waals surface area (Å²) < 4.78 is 13.3. The number of hydrogen-bond acceptors (Lipinski definition) is 3. The molecule has 1 atom stereocenters. The topological polar surface area (TPSA) is 47.3 Å². The van der Waals surface area contributed by atoms with E-state index in [9.17, 15) is 14.4 Å². The van der Waals surface area contributed by atoms with Gasteiger partial charge >= 0.3 is 0 Å². The molecule has 0 aliphatic heterocycles. The highest BCUT2D eigenvalue weighted by molar-refractivity contribution is 5.82. The molecule has 1 aromatic rings. The molecule has 0 bridgehead atoms. The molecular weight excluding hydrogens is 317 g/mol. The number of hydrogen-bond donors (Lipinski definition) is 0. The minimum atomic E-state index is -0.697. The van der Waals surface area contributed by atoms with Crippen LogP contribution in [-0.4, -0.2) is 41.4 Å². The number of carbonyl (C=O) groups is 1. The predicted octanol–water partition coefficient (Wildman–Crippen LogP) is 3.58. The maximum Gasteiger partial charge on any atom is 0.240 e. The van der Waals surface area contributed by atoms with Crippen molar-refractivity contribution in [1.29, 1.82) is 5.26 Å². The maximum absolute atomic E-state index is 13.3. The lowest BCUT2D eigenvalue weighted by atomic mass is 9.77. The monoisotopic (exact) mass is 345 g/mol. The van der Waals surface area contributed by atoms with E-state index in [0.29, 0.717) is 12.5 Å². The highest BCUT2D eigenvalue weighted by atomic mass is 19.1. The zero-order chi connectivity index (χ0) is 18.6. The molecule has 2 rings (SSSR count). The molecule has 5 heteroatoms. The maximum atomic E-state index is 13.3. The lowest BCUT2D eigenvalue weighted by Crippen LogP contribution is -2.55. The average molecular weight is 345 g/mol. The van der Waals surface area contributed by atoms with Crippen LogP contribution in [0.2, 0.25) is 0 Å². The summed E-state index contributed by atoms with van der Waals surface area (Å²) in [5.41, 5.74) is 0.128. The molecule has 0 saturated heterocycles. The van der Waals surface area contributed by atoms with Crippen molar-refractivity contribution in [1.82, 2.24) is 9.80 Å². The minimum absolute atomic E-state index is 0.0602. The van der Waals surface area contributed by atoms with Crippen molar-refractivity contribution in [2.24, 2.45) is 5.92 Å². The Hall–Kier alpha value is -1.93. The molecular formula is C20H28FN3O. The van der Waals surface area contributed by atoms with Crippen LogP contribution in [0.3, 0.4) is 0 Å². The molecule has 136 valence electrons. The number of rotatable bonds is 5. The third-order valence-corrected chi connectivity index (χ3v) is 5.62. The number of carbonyl (C=O) groups excluding carboxylic acids is 1. The quantitative estimate of drug-likeness (QED) is 0.819. The van der Waals surface area contributed by atoms with Gasteiger partial charge in [0.15, 0.2) is 0 Å².